The Morgan fingerprint density at radius 3 is 2.67 bits per heavy atom. The van der Waals surface area contributed by atoms with E-state index in [1.807, 2.05) is 0 Å². The van der Waals surface area contributed by atoms with Gasteiger partial charge in [0.1, 0.15) is 5.75 Å². The summed E-state index contributed by atoms with van der Waals surface area (Å²) in [4.78, 5) is 11.8. The van der Waals surface area contributed by atoms with Crippen LogP contribution in [-0.2, 0) is 4.79 Å². The zero-order chi connectivity index (χ0) is 15.2. The van der Waals surface area contributed by atoms with Crippen LogP contribution in [0.5, 0.6) is 5.75 Å². The third-order valence-corrected chi connectivity index (χ3v) is 3.09. The summed E-state index contributed by atoms with van der Waals surface area (Å²) in [7, 11) is 0. The number of halogens is 1. The number of carbonyl (C=O) groups excluding carboxylic acids is 1. The molecule has 0 bridgehead atoms. The monoisotopic (exact) mass is 305 g/mol. The van der Waals surface area contributed by atoms with Crippen molar-refractivity contribution >= 4 is 23.2 Å². The lowest BCUT2D eigenvalue weighted by Gasteiger charge is -2.10. The van der Waals surface area contributed by atoms with Gasteiger partial charge in [-0.05, 0) is 48.9 Å². The van der Waals surface area contributed by atoms with Gasteiger partial charge in [0, 0.05) is 10.7 Å². The van der Waals surface area contributed by atoms with Crippen LogP contribution < -0.4 is 10.1 Å². The molecule has 0 aromatic heterocycles. The van der Waals surface area contributed by atoms with Crippen LogP contribution in [0.3, 0.4) is 0 Å². The molecule has 110 valence electrons. The Hall–Kier alpha value is -2.04. The van der Waals surface area contributed by atoms with E-state index >= 15 is 0 Å². The van der Waals surface area contributed by atoms with Crippen LogP contribution in [0.25, 0.3) is 0 Å². The quantitative estimate of drug-likeness (QED) is 0.890. The third-order valence-electron chi connectivity index (χ3n) is 2.84. The summed E-state index contributed by atoms with van der Waals surface area (Å²) in [5.41, 5.74) is 1.37. The molecule has 0 spiro atoms. The van der Waals surface area contributed by atoms with Crippen molar-refractivity contribution in [2.24, 2.45) is 0 Å². The lowest BCUT2D eigenvalue weighted by Crippen LogP contribution is -2.20. The number of benzene rings is 2. The minimum atomic E-state index is -0.577. The molecule has 21 heavy (non-hydrogen) atoms. The number of aliphatic hydroxyl groups is 1. The average molecular weight is 306 g/mol. The molecule has 0 radical (unpaired) electrons. The molecule has 0 fully saturated rings. The standard InChI is InChI=1S/C16H16ClNO3/c1-11(19)12-3-2-4-14(9-12)18-16(20)10-21-15-7-5-13(17)6-8-15/h2-9,11,19H,10H2,1H3,(H,18,20). The summed E-state index contributed by atoms with van der Waals surface area (Å²) in [6, 6.07) is 13.8. The molecule has 1 unspecified atom stereocenters. The molecule has 0 saturated heterocycles. The zero-order valence-corrected chi connectivity index (χ0v) is 12.3. The second kappa shape index (κ2) is 7.11. The van der Waals surface area contributed by atoms with E-state index in [0.717, 1.165) is 5.56 Å². The number of ether oxygens (including phenoxy) is 1. The maximum Gasteiger partial charge on any atom is 0.262 e. The van der Waals surface area contributed by atoms with Gasteiger partial charge in [-0.3, -0.25) is 4.79 Å². The van der Waals surface area contributed by atoms with Gasteiger partial charge in [0.2, 0.25) is 0 Å². The van der Waals surface area contributed by atoms with Gasteiger partial charge in [0.25, 0.3) is 5.91 Å². The summed E-state index contributed by atoms with van der Waals surface area (Å²) in [6.07, 6.45) is -0.577. The summed E-state index contributed by atoms with van der Waals surface area (Å²) in [6.45, 7) is 1.57. The van der Waals surface area contributed by atoms with E-state index in [9.17, 15) is 9.90 Å². The molecular weight excluding hydrogens is 290 g/mol. The molecule has 0 saturated carbocycles. The van der Waals surface area contributed by atoms with E-state index < -0.39 is 6.10 Å². The first-order valence-electron chi connectivity index (χ1n) is 6.51. The minimum Gasteiger partial charge on any atom is -0.484 e. The Morgan fingerprint density at radius 1 is 1.29 bits per heavy atom. The summed E-state index contributed by atoms with van der Waals surface area (Å²) >= 11 is 5.77. The highest BCUT2D eigenvalue weighted by molar-refractivity contribution is 6.30. The summed E-state index contributed by atoms with van der Waals surface area (Å²) in [5.74, 6) is 0.306. The molecule has 0 aliphatic heterocycles. The van der Waals surface area contributed by atoms with Crippen LogP contribution in [0.4, 0.5) is 5.69 Å². The highest BCUT2D eigenvalue weighted by Crippen LogP contribution is 2.18. The van der Waals surface area contributed by atoms with E-state index in [4.69, 9.17) is 16.3 Å². The van der Waals surface area contributed by atoms with Gasteiger partial charge < -0.3 is 15.2 Å². The predicted molar refractivity (Wildman–Crippen MR) is 82.7 cm³/mol. The fourth-order valence-electron chi connectivity index (χ4n) is 1.75. The number of nitrogens with one attached hydrogen (secondary N) is 1. The average Bonchev–Trinajstić information content (AvgIpc) is 2.47. The van der Waals surface area contributed by atoms with Crippen molar-refractivity contribution in [2.75, 3.05) is 11.9 Å². The maximum atomic E-state index is 11.8. The van der Waals surface area contributed by atoms with Crippen LogP contribution in [0.15, 0.2) is 48.5 Å². The van der Waals surface area contributed by atoms with Gasteiger partial charge in [-0.15, -0.1) is 0 Å². The summed E-state index contributed by atoms with van der Waals surface area (Å²) in [5, 5.41) is 12.8. The fourth-order valence-corrected chi connectivity index (χ4v) is 1.88. The number of hydrogen-bond donors (Lipinski definition) is 2. The van der Waals surface area contributed by atoms with Crippen LogP contribution in [0, 0.1) is 0 Å². The van der Waals surface area contributed by atoms with Crippen molar-refractivity contribution in [3.8, 4) is 5.75 Å². The van der Waals surface area contributed by atoms with Gasteiger partial charge >= 0.3 is 0 Å². The normalized spacial score (nSPS) is 11.8. The van der Waals surface area contributed by atoms with Crippen LogP contribution in [-0.4, -0.2) is 17.6 Å². The largest absolute Gasteiger partial charge is 0.484 e. The number of hydrogen-bond acceptors (Lipinski definition) is 3. The second-order valence-electron chi connectivity index (χ2n) is 4.59. The predicted octanol–water partition coefficient (Wildman–Crippen LogP) is 3.41. The first kappa shape index (κ1) is 15.4. The van der Waals surface area contributed by atoms with E-state index in [1.54, 1.807) is 55.5 Å². The number of rotatable bonds is 5. The van der Waals surface area contributed by atoms with E-state index in [-0.39, 0.29) is 12.5 Å². The van der Waals surface area contributed by atoms with Crippen molar-refractivity contribution in [2.45, 2.75) is 13.0 Å². The van der Waals surface area contributed by atoms with Crippen molar-refractivity contribution in [1.82, 2.24) is 0 Å². The molecule has 0 aliphatic carbocycles. The molecule has 2 aromatic rings. The first-order chi connectivity index (χ1) is 10.0. The van der Waals surface area contributed by atoms with Crippen molar-refractivity contribution in [3.05, 3.63) is 59.1 Å². The molecule has 2 N–H and O–H groups in total. The maximum absolute atomic E-state index is 11.8. The number of anilines is 1. The Kier molecular flexibility index (Phi) is 5.20. The molecule has 0 heterocycles. The zero-order valence-electron chi connectivity index (χ0n) is 11.5. The molecule has 0 aliphatic rings. The molecule has 2 aromatic carbocycles. The summed E-state index contributed by atoms with van der Waals surface area (Å²) < 4.78 is 5.35. The third kappa shape index (κ3) is 4.77. The second-order valence-corrected chi connectivity index (χ2v) is 5.03. The minimum absolute atomic E-state index is 0.0967. The van der Waals surface area contributed by atoms with Gasteiger partial charge in [0.15, 0.2) is 6.61 Å². The van der Waals surface area contributed by atoms with Gasteiger partial charge in [-0.2, -0.15) is 0 Å². The van der Waals surface area contributed by atoms with E-state index in [2.05, 4.69) is 5.32 Å². The number of aliphatic hydroxyl groups excluding tert-OH is 1. The lowest BCUT2D eigenvalue weighted by atomic mass is 10.1. The van der Waals surface area contributed by atoms with Crippen molar-refractivity contribution in [1.29, 1.82) is 0 Å². The Balaban J connectivity index is 1.89. The smallest absolute Gasteiger partial charge is 0.262 e. The van der Waals surface area contributed by atoms with Crippen LogP contribution in [0.1, 0.15) is 18.6 Å². The molecule has 5 heteroatoms. The highest BCUT2D eigenvalue weighted by atomic mass is 35.5. The Morgan fingerprint density at radius 2 is 2.00 bits per heavy atom. The fraction of sp³-hybridized carbons (Fsp3) is 0.188. The lowest BCUT2D eigenvalue weighted by molar-refractivity contribution is -0.118. The van der Waals surface area contributed by atoms with Crippen molar-refractivity contribution < 1.29 is 14.6 Å². The van der Waals surface area contributed by atoms with E-state index in [1.165, 1.54) is 0 Å². The SMILES string of the molecule is CC(O)c1cccc(NC(=O)COc2ccc(Cl)cc2)c1. The molecule has 1 amide bonds. The molecule has 4 nitrogen and oxygen atoms in total. The first-order valence-corrected chi connectivity index (χ1v) is 6.88. The van der Waals surface area contributed by atoms with Crippen molar-refractivity contribution in [3.63, 3.8) is 0 Å². The molecular formula is C16H16ClNO3. The molecule has 2 rings (SSSR count). The van der Waals surface area contributed by atoms with Gasteiger partial charge in [-0.1, -0.05) is 23.7 Å². The Bertz CT molecular complexity index is 611. The van der Waals surface area contributed by atoms with E-state index in [0.29, 0.717) is 16.5 Å². The van der Waals surface area contributed by atoms with Gasteiger partial charge in [-0.25, -0.2) is 0 Å². The Labute approximate surface area is 128 Å². The topological polar surface area (TPSA) is 58.6 Å². The highest BCUT2D eigenvalue weighted by Gasteiger charge is 2.06. The van der Waals surface area contributed by atoms with Crippen LogP contribution in [0.2, 0.25) is 5.02 Å². The number of carbonyl (C=O) groups is 1. The molecule has 1 atom stereocenters. The number of amides is 1. The van der Waals surface area contributed by atoms with Gasteiger partial charge in [0.05, 0.1) is 6.10 Å². The van der Waals surface area contributed by atoms with Crippen LogP contribution >= 0.6 is 11.6 Å².